The van der Waals surface area contributed by atoms with Crippen molar-refractivity contribution in [2.24, 2.45) is 0 Å². The van der Waals surface area contributed by atoms with Crippen molar-refractivity contribution in [1.82, 2.24) is 10.6 Å². The van der Waals surface area contributed by atoms with E-state index >= 15 is 0 Å². The zero-order valence-corrected chi connectivity index (χ0v) is 15.1. The second-order valence-electron chi connectivity index (χ2n) is 5.74. The maximum absolute atomic E-state index is 12.7. The van der Waals surface area contributed by atoms with E-state index in [4.69, 9.17) is 0 Å². The predicted molar refractivity (Wildman–Crippen MR) is 96.0 cm³/mol. The minimum absolute atomic E-state index is 0.293. The van der Waals surface area contributed by atoms with Gasteiger partial charge in [-0.25, -0.2) is 4.79 Å². The summed E-state index contributed by atoms with van der Waals surface area (Å²) in [6, 6.07) is 10.8. The van der Waals surface area contributed by atoms with Gasteiger partial charge in [-0.05, 0) is 30.9 Å². The number of carbonyl (C=O) groups is 2. The first-order chi connectivity index (χ1) is 11.5. The first-order valence-electron chi connectivity index (χ1n) is 8.01. The van der Waals surface area contributed by atoms with Gasteiger partial charge in [0.05, 0.1) is 11.9 Å². The molecule has 24 heavy (non-hydrogen) atoms. The number of nitrogens with one attached hydrogen (secondary N) is 3. The summed E-state index contributed by atoms with van der Waals surface area (Å²) >= 11 is 1.69. The number of carbonyl (C=O) groups excluding carboxylic acids is 2. The Labute approximate surface area is 146 Å². The monoisotopic (exact) mass is 346 g/mol. The summed E-state index contributed by atoms with van der Waals surface area (Å²) in [5.74, 6) is -0.293. The van der Waals surface area contributed by atoms with E-state index in [1.54, 1.807) is 11.3 Å². The minimum atomic E-state index is -0.455. The van der Waals surface area contributed by atoms with Crippen LogP contribution in [0.3, 0.4) is 0 Å². The van der Waals surface area contributed by atoms with E-state index in [2.05, 4.69) is 29.0 Å². The van der Waals surface area contributed by atoms with Crippen molar-refractivity contribution in [2.45, 2.75) is 26.4 Å². The lowest BCUT2D eigenvalue weighted by molar-refractivity contribution is -0.915. The molecule has 1 heterocycles. The van der Waals surface area contributed by atoms with Crippen molar-refractivity contribution >= 4 is 23.3 Å². The zero-order chi connectivity index (χ0) is 17.5. The highest BCUT2D eigenvalue weighted by atomic mass is 32.1. The molecule has 0 aliphatic carbocycles. The Bertz CT molecular complexity index is 685. The Balaban J connectivity index is 2.21. The van der Waals surface area contributed by atoms with Gasteiger partial charge in [0.25, 0.3) is 5.91 Å². The van der Waals surface area contributed by atoms with Crippen molar-refractivity contribution < 1.29 is 14.5 Å². The summed E-state index contributed by atoms with van der Waals surface area (Å²) in [5.41, 5.74) is 2.13. The quantitative estimate of drug-likeness (QED) is 0.745. The maximum Gasteiger partial charge on any atom is 0.321 e. The standard InChI is InChI=1S/C18H23N3O2S/c1-4-19-18(23)20-17(22)16(14-8-6-5-7-9-14)21(3)12-15-13(2)10-11-24-15/h5-11,16H,4,12H2,1-3H3,(H2,19,20,22,23)/p+1/t16-/m1/s1. The fourth-order valence-corrected chi connectivity index (χ4v) is 3.64. The molecule has 0 bridgehead atoms. The van der Waals surface area contributed by atoms with Crippen molar-refractivity contribution in [3.63, 3.8) is 0 Å². The van der Waals surface area contributed by atoms with Gasteiger partial charge in [-0.1, -0.05) is 30.3 Å². The van der Waals surface area contributed by atoms with Gasteiger partial charge in [-0.3, -0.25) is 10.1 Å². The highest BCUT2D eigenvalue weighted by Gasteiger charge is 2.30. The molecule has 2 atom stereocenters. The smallest absolute Gasteiger partial charge is 0.321 e. The first-order valence-corrected chi connectivity index (χ1v) is 8.89. The van der Waals surface area contributed by atoms with E-state index in [1.165, 1.54) is 10.4 Å². The third-order valence-corrected chi connectivity index (χ3v) is 4.89. The predicted octanol–water partition coefficient (Wildman–Crippen LogP) is 1.66. The van der Waals surface area contributed by atoms with E-state index in [0.717, 1.165) is 17.0 Å². The van der Waals surface area contributed by atoms with E-state index in [0.29, 0.717) is 6.54 Å². The second kappa shape index (κ2) is 8.61. The van der Waals surface area contributed by atoms with Crippen LogP contribution < -0.4 is 15.5 Å². The number of amides is 3. The Hall–Kier alpha value is -2.18. The van der Waals surface area contributed by atoms with Crippen LogP contribution in [0.5, 0.6) is 0 Å². The van der Waals surface area contributed by atoms with Crippen LogP contribution in [0.15, 0.2) is 41.8 Å². The summed E-state index contributed by atoms with van der Waals surface area (Å²) in [4.78, 5) is 26.7. The van der Waals surface area contributed by atoms with E-state index in [-0.39, 0.29) is 5.91 Å². The Morgan fingerprint density at radius 1 is 1.21 bits per heavy atom. The first kappa shape index (κ1) is 18.2. The largest absolute Gasteiger partial charge is 0.338 e. The molecular weight excluding hydrogens is 322 g/mol. The molecule has 0 spiro atoms. The van der Waals surface area contributed by atoms with E-state index in [9.17, 15) is 9.59 Å². The van der Waals surface area contributed by atoms with E-state index in [1.807, 2.05) is 44.3 Å². The van der Waals surface area contributed by atoms with Crippen LogP contribution in [0.25, 0.3) is 0 Å². The molecule has 128 valence electrons. The van der Waals surface area contributed by atoms with Crippen LogP contribution in [0, 0.1) is 6.92 Å². The lowest BCUT2D eigenvalue weighted by Crippen LogP contribution is -3.09. The molecule has 0 fully saturated rings. The lowest BCUT2D eigenvalue weighted by atomic mass is 10.0. The van der Waals surface area contributed by atoms with Gasteiger partial charge >= 0.3 is 6.03 Å². The Morgan fingerprint density at radius 2 is 1.92 bits per heavy atom. The summed E-state index contributed by atoms with van der Waals surface area (Å²) < 4.78 is 0. The number of quaternary nitrogens is 1. The third kappa shape index (κ3) is 4.66. The number of imide groups is 1. The maximum atomic E-state index is 12.7. The van der Waals surface area contributed by atoms with Crippen molar-refractivity contribution in [1.29, 1.82) is 0 Å². The van der Waals surface area contributed by atoms with Crippen LogP contribution in [-0.2, 0) is 11.3 Å². The summed E-state index contributed by atoms with van der Waals surface area (Å²) in [7, 11) is 1.98. The molecule has 3 N–H and O–H groups in total. The minimum Gasteiger partial charge on any atom is -0.338 e. The lowest BCUT2D eigenvalue weighted by Gasteiger charge is -2.24. The van der Waals surface area contributed by atoms with Crippen LogP contribution in [0.2, 0.25) is 0 Å². The van der Waals surface area contributed by atoms with Crippen molar-refractivity contribution in [3.05, 3.63) is 57.8 Å². The number of hydrogen-bond acceptors (Lipinski definition) is 3. The zero-order valence-electron chi connectivity index (χ0n) is 14.3. The third-order valence-electron chi connectivity index (χ3n) is 3.87. The molecule has 3 amide bonds. The van der Waals surface area contributed by atoms with Crippen LogP contribution in [0.1, 0.15) is 29.0 Å². The van der Waals surface area contributed by atoms with Gasteiger partial charge in [0.1, 0.15) is 6.54 Å². The van der Waals surface area contributed by atoms with Crippen molar-refractivity contribution in [3.8, 4) is 0 Å². The number of aryl methyl sites for hydroxylation is 1. The molecule has 5 nitrogen and oxygen atoms in total. The molecule has 1 aromatic heterocycles. The molecular formula is C18H24N3O2S+. The van der Waals surface area contributed by atoms with Gasteiger partial charge in [-0.2, -0.15) is 0 Å². The molecule has 1 unspecified atom stereocenters. The Kier molecular flexibility index (Phi) is 6.52. The van der Waals surface area contributed by atoms with E-state index < -0.39 is 12.1 Å². The molecule has 0 radical (unpaired) electrons. The second-order valence-corrected chi connectivity index (χ2v) is 6.74. The SMILES string of the molecule is CCNC(=O)NC(=O)[C@@H](c1ccccc1)[NH+](C)Cc1sccc1C. The van der Waals surface area contributed by atoms with Crippen LogP contribution >= 0.6 is 11.3 Å². The summed E-state index contributed by atoms with van der Waals surface area (Å²) in [5, 5.41) is 7.11. The topological polar surface area (TPSA) is 62.6 Å². The molecule has 2 aromatic rings. The fraction of sp³-hybridized carbons (Fsp3) is 0.333. The van der Waals surface area contributed by atoms with Gasteiger partial charge in [0.2, 0.25) is 0 Å². The normalized spacial score (nSPS) is 13.1. The molecule has 0 saturated carbocycles. The highest BCUT2D eigenvalue weighted by molar-refractivity contribution is 7.10. The van der Waals surface area contributed by atoms with Gasteiger partial charge < -0.3 is 10.2 Å². The fourth-order valence-electron chi connectivity index (χ4n) is 2.63. The Morgan fingerprint density at radius 3 is 2.50 bits per heavy atom. The number of likely N-dealkylation sites (N-methyl/N-ethyl adjacent to an activating group) is 1. The molecule has 0 aliphatic rings. The summed E-state index contributed by atoms with van der Waals surface area (Å²) in [6.45, 7) is 5.10. The van der Waals surface area contributed by atoms with Gasteiger partial charge in [0, 0.05) is 12.1 Å². The highest BCUT2D eigenvalue weighted by Crippen LogP contribution is 2.15. The van der Waals surface area contributed by atoms with Crippen molar-refractivity contribution in [2.75, 3.05) is 13.6 Å². The molecule has 0 aliphatic heterocycles. The summed E-state index contributed by atoms with van der Waals surface area (Å²) in [6.07, 6.45) is 0. The molecule has 6 heteroatoms. The number of thiophene rings is 1. The number of urea groups is 1. The number of benzene rings is 1. The number of hydrogen-bond donors (Lipinski definition) is 3. The molecule has 1 aromatic carbocycles. The average molecular weight is 346 g/mol. The van der Waals surface area contributed by atoms with Gasteiger partial charge in [-0.15, -0.1) is 11.3 Å². The number of rotatable bonds is 6. The average Bonchev–Trinajstić information content (AvgIpc) is 2.93. The molecule has 0 saturated heterocycles. The molecule has 2 rings (SSSR count). The van der Waals surface area contributed by atoms with Crippen LogP contribution in [-0.4, -0.2) is 25.5 Å². The van der Waals surface area contributed by atoms with Crippen LogP contribution in [0.4, 0.5) is 4.79 Å². The van der Waals surface area contributed by atoms with Gasteiger partial charge in [0.15, 0.2) is 6.04 Å².